The number of nitrogens with zero attached hydrogens (tertiary/aromatic N) is 5. The molecule has 330 valence electrons. The molecular weight excluding hydrogens is 789 g/mol. The van der Waals surface area contributed by atoms with Crippen LogP contribution in [0, 0.1) is 13.8 Å². The number of hydrogen-bond donors (Lipinski definition) is 3. The van der Waals surface area contributed by atoms with Crippen molar-refractivity contribution in [3.05, 3.63) is 178 Å². The molecule has 8 nitrogen and oxygen atoms in total. The molecule has 0 aliphatic heterocycles. The predicted octanol–water partition coefficient (Wildman–Crippen LogP) is 12.2. The number of hydrogen-bond acceptors (Lipinski definition) is 7. The third-order valence-corrected chi connectivity index (χ3v) is 14.0. The number of aromatic nitrogens is 5. The lowest BCUT2D eigenvalue weighted by molar-refractivity contribution is 0.0780. The molecule has 0 saturated heterocycles. The summed E-state index contributed by atoms with van der Waals surface area (Å²) in [5.41, 5.74) is 17.5. The molecule has 0 spiro atoms. The highest BCUT2D eigenvalue weighted by Crippen LogP contribution is 2.47. The predicted molar refractivity (Wildman–Crippen MR) is 259 cm³/mol. The van der Waals surface area contributed by atoms with Gasteiger partial charge < -0.3 is 20.5 Å². The third-order valence-electron chi connectivity index (χ3n) is 14.0. The van der Waals surface area contributed by atoms with Gasteiger partial charge in [-0.05, 0) is 137 Å². The number of anilines is 1. The molecule has 2 aliphatic rings. The van der Waals surface area contributed by atoms with Gasteiger partial charge in [0, 0.05) is 33.3 Å². The smallest absolute Gasteiger partial charge is 0.159 e. The van der Waals surface area contributed by atoms with Crippen molar-refractivity contribution in [3.8, 4) is 28.3 Å². The Morgan fingerprint density at radius 1 is 0.438 bits per heavy atom. The number of benzene rings is 4. The second-order valence-electron chi connectivity index (χ2n) is 19.3. The van der Waals surface area contributed by atoms with Crippen LogP contribution in [0.3, 0.4) is 0 Å². The first-order chi connectivity index (χ1) is 30.7. The summed E-state index contributed by atoms with van der Waals surface area (Å²) in [6, 6.07) is 46.9. The number of aliphatic hydroxyl groups is 2. The molecule has 2 saturated carbocycles. The minimum atomic E-state index is -0.824. The van der Waals surface area contributed by atoms with E-state index in [1.807, 2.05) is 39.8 Å². The second kappa shape index (κ2) is 18.3. The van der Waals surface area contributed by atoms with Crippen molar-refractivity contribution in [2.75, 3.05) is 5.73 Å². The Hall–Kier alpha value is -5.96. The second-order valence-corrected chi connectivity index (χ2v) is 19.3. The quantitative estimate of drug-likeness (QED) is 0.132. The first-order valence-corrected chi connectivity index (χ1v) is 23.1. The van der Waals surface area contributed by atoms with Gasteiger partial charge in [-0.15, -0.1) is 20.4 Å². The summed E-state index contributed by atoms with van der Waals surface area (Å²) in [5, 5.41) is 37.9. The van der Waals surface area contributed by atoms with Crippen molar-refractivity contribution in [1.82, 2.24) is 25.0 Å². The van der Waals surface area contributed by atoms with E-state index in [1.54, 1.807) is 6.07 Å². The molecule has 4 N–H and O–H groups in total. The van der Waals surface area contributed by atoms with E-state index in [-0.39, 0.29) is 10.8 Å². The van der Waals surface area contributed by atoms with E-state index in [0.717, 1.165) is 76.5 Å². The molecule has 8 heteroatoms. The topological polar surface area (TPSA) is 123 Å². The fourth-order valence-corrected chi connectivity index (χ4v) is 10.2. The Morgan fingerprint density at radius 3 is 1.12 bits per heavy atom. The van der Waals surface area contributed by atoms with Crippen molar-refractivity contribution in [2.45, 2.75) is 128 Å². The maximum atomic E-state index is 10.4. The van der Waals surface area contributed by atoms with Crippen LogP contribution in [0.15, 0.2) is 133 Å². The van der Waals surface area contributed by atoms with E-state index in [4.69, 9.17) is 5.73 Å². The average Bonchev–Trinajstić information content (AvgIpc) is 3.66. The van der Waals surface area contributed by atoms with Crippen LogP contribution in [0.25, 0.3) is 28.3 Å². The van der Waals surface area contributed by atoms with Gasteiger partial charge in [-0.1, -0.05) is 136 Å². The van der Waals surface area contributed by atoms with Gasteiger partial charge in [0.1, 0.15) is 5.82 Å². The monoisotopic (exact) mass is 853 g/mol. The fourth-order valence-electron chi connectivity index (χ4n) is 10.2. The molecular formula is C56H64N6O2. The molecule has 9 rings (SSSR count). The van der Waals surface area contributed by atoms with Crippen LogP contribution in [0.2, 0.25) is 0 Å². The van der Waals surface area contributed by atoms with Crippen molar-refractivity contribution in [3.63, 3.8) is 0 Å². The highest BCUT2D eigenvalue weighted by Gasteiger charge is 2.37. The van der Waals surface area contributed by atoms with Crippen molar-refractivity contribution in [2.24, 2.45) is 0 Å². The molecule has 64 heavy (non-hydrogen) atoms. The minimum absolute atomic E-state index is 0.0217. The molecule has 2 fully saturated rings. The molecule has 2 aliphatic carbocycles. The van der Waals surface area contributed by atoms with Crippen LogP contribution in [0.1, 0.15) is 137 Å². The third kappa shape index (κ3) is 9.31. The summed E-state index contributed by atoms with van der Waals surface area (Å²) in [6.45, 7) is 11.5. The zero-order chi connectivity index (χ0) is 45.1. The lowest BCUT2D eigenvalue weighted by Crippen LogP contribution is -2.30. The van der Waals surface area contributed by atoms with E-state index in [9.17, 15) is 10.2 Å². The maximum Gasteiger partial charge on any atom is 0.159 e. The molecule has 0 atom stereocenters. The van der Waals surface area contributed by atoms with Crippen LogP contribution >= 0.6 is 0 Å². The molecule has 3 heterocycles. The zero-order valence-electron chi connectivity index (χ0n) is 38.5. The van der Waals surface area contributed by atoms with Gasteiger partial charge in [0.05, 0.1) is 22.6 Å². The highest BCUT2D eigenvalue weighted by atomic mass is 16.3. The summed E-state index contributed by atoms with van der Waals surface area (Å²) >= 11 is 0. The van der Waals surface area contributed by atoms with Crippen molar-refractivity contribution >= 4 is 5.82 Å². The summed E-state index contributed by atoms with van der Waals surface area (Å²) < 4.78 is 2.12. The molecule has 0 radical (unpaired) electrons. The van der Waals surface area contributed by atoms with Gasteiger partial charge in [0.2, 0.25) is 0 Å². The van der Waals surface area contributed by atoms with Crippen molar-refractivity contribution < 1.29 is 10.2 Å². The lowest BCUT2D eigenvalue weighted by atomic mass is 9.65. The first-order valence-electron chi connectivity index (χ1n) is 23.1. The normalized spacial score (nSPS) is 16.1. The van der Waals surface area contributed by atoms with Gasteiger partial charge in [-0.2, -0.15) is 0 Å². The van der Waals surface area contributed by atoms with Gasteiger partial charge in [-0.3, -0.25) is 0 Å². The van der Waals surface area contributed by atoms with E-state index < -0.39 is 11.2 Å². The van der Waals surface area contributed by atoms with E-state index in [0.29, 0.717) is 5.82 Å². The SMILES string of the molecule is CC(C)(O)c1ccc(C2(c3ccc(-c4ccc(N)nn4)cc3)CCCCC2)cc1.Cc1ccc(C)n1-c1ccc(-c2ccc(C3(c4ccc(C(C)(C)O)cc4)CCCCC3)cc2)nn1. The van der Waals surface area contributed by atoms with Gasteiger partial charge in [0.15, 0.2) is 5.82 Å². The lowest BCUT2D eigenvalue weighted by Gasteiger charge is -2.39. The largest absolute Gasteiger partial charge is 0.386 e. The number of aryl methyl sites for hydroxylation is 2. The molecule has 0 bridgehead atoms. The van der Waals surface area contributed by atoms with Crippen LogP contribution in [0.5, 0.6) is 0 Å². The van der Waals surface area contributed by atoms with E-state index in [1.165, 1.54) is 60.8 Å². The Kier molecular flexibility index (Phi) is 12.7. The van der Waals surface area contributed by atoms with E-state index in [2.05, 4.69) is 154 Å². The summed E-state index contributed by atoms with van der Waals surface area (Å²) in [5.74, 6) is 1.28. The molecule has 4 aromatic carbocycles. The average molecular weight is 853 g/mol. The van der Waals surface area contributed by atoms with Gasteiger partial charge >= 0.3 is 0 Å². The Morgan fingerprint density at radius 2 is 0.797 bits per heavy atom. The molecule has 7 aromatic rings. The first kappa shape index (κ1) is 44.6. The summed E-state index contributed by atoms with van der Waals surface area (Å²) in [7, 11) is 0. The Bertz CT molecular complexity index is 2590. The standard InChI is InChI=1S/C31H35N3O.C25H29N3O/c1-22-8-9-23(2)34(22)29-19-18-28(32-33-29)24-10-12-26(13-11-24)31(20-6-5-7-21-31)27-16-14-25(15-17-27)30(3,4)35;1-24(2,29)19-10-12-21(13-11-19)25(16-4-3-5-17-25)20-8-6-18(7-9-20)22-14-15-23(26)28-27-22/h8-19,35H,5-7,20-21H2,1-4H3;6-15,29H,3-5,16-17H2,1-2H3,(H2,26,28). The minimum Gasteiger partial charge on any atom is -0.386 e. The maximum absolute atomic E-state index is 10.4. The van der Waals surface area contributed by atoms with Crippen LogP contribution in [0.4, 0.5) is 5.82 Å². The number of rotatable bonds is 9. The van der Waals surface area contributed by atoms with Crippen molar-refractivity contribution in [1.29, 1.82) is 0 Å². The molecule has 0 unspecified atom stereocenters. The molecule has 3 aromatic heterocycles. The van der Waals surface area contributed by atoms with Crippen LogP contribution in [-0.2, 0) is 22.0 Å². The summed E-state index contributed by atoms with van der Waals surface area (Å²) in [6.07, 6.45) is 12.1. The Balaban J connectivity index is 0.000000178. The molecule has 0 amide bonds. The summed E-state index contributed by atoms with van der Waals surface area (Å²) in [4.78, 5) is 0. The van der Waals surface area contributed by atoms with Gasteiger partial charge in [-0.25, -0.2) is 0 Å². The van der Waals surface area contributed by atoms with E-state index >= 15 is 0 Å². The number of nitrogens with two attached hydrogens (primary N) is 1. The highest BCUT2D eigenvalue weighted by molar-refractivity contribution is 5.62. The number of nitrogen functional groups attached to an aromatic ring is 1. The Labute approximate surface area is 379 Å². The van der Waals surface area contributed by atoms with Crippen LogP contribution < -0.4 is 5.73 Å². The van der Waals surface area contributed by atoms with Crippen LogP contribution in [-0.4, -0.2) is 35.2 Å². The van der Waals surface area contributed by atoms with Gasteiger partial charge in [0.25, 0.3) is 0 Å². The zero-order valence-corrected chi connectivity index (χ0v) is 38.5. The fraction of sp³-hybridized carbons (Fsp3) is 0.357.